The summed E-state index contributed by atoms with van der Waals surface area (Å²) in [7, 11) is 0. The molecule has 0 radical (unpaired) electrons. The number of benzene rings is 2. The molecule has 2 aromatic carbocycles. The molecule has 3 aliphatic rings. The highest BCUT2D eigenvalue weighted by molar-refractivity contribution is 5.95. The molecule has 3 amide bonds. The van der Waals surface area contributed by atoms with Gasteiger partial charge < -0.3 is 15.2 Å². The summed E-state index contributed by atoms with van der Waals surface area (Å²) in [6, 6.07) is 15.0. The second kappa shape index (κ2) is 8.23. The summed E-state index contributed by atoms with van der Waals surface area (Å²) in [5, 5.41) is 12.8. The number of nitrogens with one attached hydrogen (secondary N) is 2. The normalized spacial score (nSPS) is 22.8. The lowest BCUT2D eigenvalue weighted by Gasteiger charge is -2.20. The van der Waals surface area contributed by atoms with E-state index in [2.05, 4.69) is 22.9 Å². The van der Waals surface area contributed by atoms with Crippen molar-refractivity contribution in [2.45, 2.75) is 24.8 Å². The number of carboxylic acid groups (broad SMARTS) is 1. The van der Waals surface area contributed by atoms with Crippen LogP contribution in [0.25, 0.3) is 11.1 Å². The predicted molar refractivity (Wildman–Crippen MR) is 116 cm³/mol. The van der Waals surface area contributed by atoms with Gasteiger partial charge in [-0.3, -0.25) is 15.0 Å². The highest BCUT2D eigenvalue weighted by Gasteiger charge is 2.50. The third kappa shape index (κ3) is 3.90. The molecule has 9 heteroatoms. The fraction of sp³-hybridized carbons (Fsp3) is 0.333. The number of hydrazine groups is 1. The molecule has 9 nitrogen and oxygen atoms in total. The van der Waals surface area contributed by atoms with Gasteiger partial charge in [0.15, 0.2) is 6.04 Å². The van der Waals surface area contributed by atoms with Crippen LogP contribution >= 0.6 is 0 Å². The van der Waals surface area contributed by atoms with Gasteiger partial charge in [-0.25, -0.2) is 14.6 Å². The van der Waals surface area contributed by atoms with Gasteiger partial charge >= 0.3 is 12.1 Å². The van der Waals surface area contributed by atoms with Gasteiger partial charge in [0.2, 0.25) is 11.8 Å². The number of aliphatic carboxylic acids is 1. The summed E-state index contributed by atoms with van der Waals surface area (Å²) in [5.41, 5.74) is 6.86. The average Bonchev–Trinajstić information content (AvgIpc) is 3.38. The van der Waals surface area contributed by atoms with E-state index in [1.165, 1.54) is 0 Å². The van der Waals surface area contributed by atoms with Crippen molar-refractivity contribution in [1.82, 2.24) is 15.8 Å². The smallest absolute Gasteiger partial charge is 0.407 e. The van der Waals surface area contributed by atoms with Crippen molar-refractivity contribution in [2.75, 3.05) is 13.2 Å². The van der Waals surface area contributed by atoms with Gasteiger partial charge in [-0.2, -0.15) is 0 Å². The van der Waals surface area contributed by atoms with E-state index in [0.29, 0.717) is 6.42 Å². The molecule has 1 aliphatic heterocycles. The number of hydrogen-bond donors (Lipinski definition) is 3. The average molecular weight is 449 g/mol. The summed E-state index contributed by atoms with van der Waals surface area (Å²) < 4.78 is 5.50. The molecule has 0 bridgehead atoms. The second-order valence-electron chi connectivity index (χ2n) is 8.61. The summed E-state index contributed by atoms with van der Waals surface area (Å²) in [5.74, 6) is -2.75. The van der Waals surface area contributed by atoms with Crippen LogP contribution in [0.3, 0.4) is 0 Å². The molecule has 1 saturated heterocycles. The zero-order valence-corrected chi connectivity index (χ0v) is 17.7. The number of nitrogens with zero attached hydrogens (tertiary/aromatic N) is 1. The molecule has 1 saturated carbocycles. The molecule has 2 aromatic rings. The Balaban J connectivity index is 1.13. The fourth-order valence-corrected chi connectivity index (χ4v) is 4.75. The van der Waals surface area contributed by atoms with E-state index in [-0.39, 0.29) is 31.4 Å². The van der Waals surface area contributed by atoms with Gasteiger partial charge in [0.1, 0.15) is 6.61 Å². The van der Waals surface area contributed by atoms with E-state index >= 15 is 0 Å². The SMILES string of the molecule is O=C1CC(C(=O)O)N(C(=O)C2CC2CNC(=O)OCC2c3ccccc3-c3ccccc32)N1. The van der Waals surface area contributed by atoms with Crippen LogP contribution < -0.4 is 10.7 Å². The summed E-state index contributed by atoms with van der Waals surface area (Å²) in [4.78, 5) is 47.7. The molecule has 0 aromatic heterocycles. The Morgan fingerprint density at radius 1 is 1.06 bits per heavy atom. The number of amides is 3. The third-order valence-corrected chi connectivity index (χ3v) is 6.55. The van der Waals surface area contributed by atoms with Gasteiger partial charge in [0.25, 0.3) is 0 Å². The Labute approximate surface area is 189 Å². The topological polar surface area (TPSA) is 125 Å². The van der Waals surface area contributed by atoms with Crippen molar-refractivity contribution in [1.29, 1.82) is 0 Å². The Morgan fingerprint density at radius 3 is 2.33 bits per heavy atom. The van der Waals surface area contributed by atoms with Gasteiger partial charge in [-0.05, 0) is 34.6 Å². The molecule has 33 heavy (non-hydrogen) atoms. The van der Waals surface area contributed by atoms with E-state index in [4.69, 9.17) is 4.74 Å². The standard InChI is InChI=1S/C24H23N3O6/c28-21-10-20(23(30)31)27(26-21)22(29)18-9-13(18)11-25-24(32)33-12-19-16-7-3-1-5-14(16)15-6-2-4-8-17(15)19/h1-8,13,18-20H,9-12H2,(H,25,32)(H,26,28)(H,30,31). The predicted octanol–water partition coefficient (Wildman–Crippen LogP) is 1.88. The maximum absolute atomic E-state index is 12.6. The lowest BCUT2D eigenvalue weighted by molar-refractivity contribution is -0.151. The van der Waals surface area contributed by atoms with E-state index in [9.17, 15) is 24.3 Å². The molecular weight excluding hydrogens is 426 g/mol. The van der Waals surface area contributed by atoms with Crippen LogP contribution in [0.2, 0.25) is 0 Å². The van der Waals surface area contributed by atoms with Crippen LogP contribution in [0.4, 0.5) is 4.79 Å². The fourth-order valence-electron chi connectivity index (χ4n) is 4.75. The maximum Gasteiger partial charge on any atom is 0.407 e. The van der Waals surface area contributed by atoms with E-state index < -0.39 is 35.8 Å². The monoisotopic (exact) mass is 449 g/mol. The van der Waals surface area contributed by atoms with Crippen molar-refractivity contribution in [2.24, 2.45) is 11.8 Å². The first-order chi connectivity index (χ1) is 15.9. The highest BCUT2D eigenvalue weighted by Crippen LogP contribution is 2.44. The molecule has 3 unspecified atom stereocenters. The zero-order chi connectivity index (χ0) is 23.1. The van der Waals surface area contributed by atoms with Crippen LogP contribution in [0.1, 0.15) is 29.9 Å². The highest BCUT2D eigenvalue weighted by atomic mass is 16.5. The van der Waals surface area contributed by atoms with Crippen LogP contribution in [0.15, 0.2) is 48.5 Å². The summed E-state index contributed by atoms with van der Waals surface area (Å²) >= 11 is 0. The van der Waals surface area contributed by atoms with Gasteiger partial charge in [-0.1, -0.05) is 48.5 Å². The van der Waals surface area contributed by atoms with Crippen molar-refractivity contribution in [3.05, 3.63) is 59.7 Å². The number of carboxylic acids is 1. The molecular formula is C24H23N3O6. The van der Waals surface area contributed by atoms with Gasteiger partial charge in [0.05, 0.1) is 6.42 Å². The maximum atomic E-state index is 12.6. The molecule has 170 valence electrons. The van der Waals surface area contributed by atoms with E-state index in [1.807, 2.05) is 36.4 Å². The molecule has 1 heterocycles. The number of hydrogen-bond acceptors (Lipinski definition) is 5. The summed E-state index contributed by atoms with van der Waals surface area (Å²) in [6.45, 7) is 0.444. The van der Waals surface area contributed by atoms with Crippen molar-refractivity contribution >= 4 is 23.9 Å². The number of alkyl carbamates (subject to hydrolysis) is 1. The van der Waals surface area contributed by atoms with Crippen LogP contribution in [0.5, 0.6) is 0 Å². The first-order valence-electron chi connectivity index (χ1n) is 10.9. The Morgan fingerprint density at radius 2 is 1.70 bits per heavy atom. The molecule has 0 spiro atoms. The Kier molecular flexibility index (Phi) is 5.24. The molecule has 2 fully saturated rings. The number of ether oxygens (including phenoxy) is 1. The number of carbonyl (C=O) groups is 4. The third-order valence-electron chi connectivity index (χ3n) is 6.55. The molecule has 2 aliphatic carbocycles. The van der Waals surface area contributed by atoms with Crippen molar-refractivity contribution < 1.29 is 29.0 Å². The first kappa shape index (κ1) is 21.0. The lowest BCUT2D eigenvalue weighted by Crippen LogP contribution is -2.47. The van der Waals surface area contributed by atoms with E-state index in [0.717, 1.165) is 27.3 Å². The molecule has 5 rings (SSSR count). The summed E-state index contributed by atoms with van der Waals surface area (Å²) in [6.07, 6.45) is -0.301. The van der Waals surface area contributed by atoms with Gasteiger partial charge in [0, 0.05) is 18.4 Å². The minimum atomic E-state index is -1.23. The van der Waals surface area contributed by atoms with Crippen LogP contribution in [-0.4, -0.2) is 53.2 Å². The molecule has 3 atom stereocenters. The quantitative estimate of drug-likeness (QED) is 0.618. The largest absolute Gasteiger partial charge is 0.480 e. The first-order valence-corrected chi connectivity index (χ1v) is 10.9. The second-order valence-corrected chi connectivity index (χ2v) is 8.61. The van der Waals surface area contributed by atoms with Crippen LogP contribution in [0, 0.1) is 11.8 Å². The zero-order valence-electron chi connectivity index (χ0n) is 17.7. The number of rotatable bonds is 6. The van der Waals surface area contributed by atoms with Crippen molar-refractivity contribution in [3.63, 3.8) is 0 Å². The molecule has 3 N–H and O–H groups in total. The Hall–Kier alpha value is -3.88. The minimum absolute atomic E-state index is 0.0369. The van der Waals surface area contributed by atoms with Crippen molar-refractivity contribution in [3.8, 4) is 11.1 Å². The van der Waals surface area contributed by atoms with Crippen LogP contribution in [-0.2, 0) is 19.1 Å². The Bertz CT molecular complexity index is 1100. The number of fused-ring (bicyclic) bond motifs is 3. The minimum Gasteiger partial charge on any atom is -0.480 e. The van der Waals surface area contributed by atoms with Gasteiger partial charge in [-0.15, -0.1) is 0 Å². The van der Waals surface area contributed by atoms with E-state index in [1.54, 1.807) is 0 Å². The lowest BCUT2D eigenvalue weighted by atomic mass is 9.98. The number of carbonyl (C=O) groups excluding carboxylic acids is 3.